The zero-order chi connectivity index (χ0) is 22.2. The number of hydrogen-bond acceptors (Lipinski definition) is 4. The molecular formula is C25H31NO4S. The standard InChI is InChI=1S/C25H31NO4S/c1-25(2)16-12-15(8-5-3-4-6-11-21(28)29)22(19(25)13-16)26-24(30)18-14-31-23-17(18)9-7-10-20(23)27/h3,5,7,9-10,14-16,19,22,27H,4,6,8,11-13H2,1-2H3,(H,26,30)(H,28,29)/b5-3+/t15-,16-,19-,22+/m0/s1. The van der Waals surface area contributed by atoms with Crippen LogP contribution in [0.4, 0.5) is 0 Å². The molecule has 0 aliphatic heterocycles. The number of thiophene rings is 1. The van der Waals surface area contributed by atoms with Gasteiger partial charge in [-0.1, -0.05) is 38.1 Å². The highest BCUT2D eigenvalue weighted by molar-refractivity contribution is 7.18. The average Bonchev–Trinajstić information content (AvgIpc) is 3.16. The summed E-state index contributed by atoms with van der Waals surface area (Å²) >= 11 is 1.40. The van der Waals surface area contributed by atoms with E-state index in [1.165, 1.54) is 17.8 Å². The van der Waals surface area contributed by atoms with Crippen molar-refractivity contribution in [1.82, 2.24) is 5.32 Å². The first-order chi connectivity index (χ1) is 14.8. The molecule has 166 valence electrons. The molecule has 4 atom stereocenters. The van der Waals surface area contributed by atoms with Gasteiger partial charge in [0.05, 0.1) is 10.3 Å². The number of benzene rings is 1. The van der Waals surface area contributed by atoms with Crippen molar-refractivity contribution in [1.29, 1.82) is 0 Å². The quantitative estimate of drug-likeness (QED) is 0.368. The molecule has 6 heteroatoms. The zero-order valence-corrected chi connectivity index (χ0v) is 19.0. The molecule has 2 aromatic rings. The Morgan fingerprint density at radius 2 is 2.06 bits per heavy atom. The number of amides is 1. The Kier molecular flexibility index (Phi) is 6.11. The Hall–Kier alpha value is -2.34. The number of allylic oxidation sites excluding steroid dienone is 2. The van der Waals surface area contributed by atoms with E-state index < -0.39 is 5.97 Å². The number of carbonyl (C=O) groups excluding carboxylic acids is 1. The van der Waals surface area contributed by atoms with Gasteiger partial charge in [-0.15, -0.1) is 11.3 Å². The number of unbranched alkanes of at least 4 members (excludes halogenated alkanes) is 1. The maximum atomic E-state index is 13.2. The molecule has 2 bridgehead atoms. The third-order valence-electron chi connectivity index (χ3n) is 7.56. The molecule has 0 saturated heterocycles. The van der Waals surface area contributed by atoms with Crippen molar-refractivity contribution < 1.29 is 19.8 Å². The van der Waals surface area contributed by atoms with Gasteiger partial charge in [0.15, 0.2) is 0 Å². The van der Waals surface area contributed by atoms with E-state index in [0.717, 1.165) is 29.3 Å². The first kappa shape index (κ1) is 21.9. The van der Waals surface area contributed by atoms with Crippen LogP contribution in [0.2, 0.25) is 0 Å². The summed E-state index contributed by atoms with van der Waals surface area (Å²) in [5.74, 6) is 0.982. The maximum Gasteiger partial charge on any atom is 0.303 e. The Morgan fingerprint density at radius 3 is 2.81 bits per heavy atom. The molecule has 1 amide bonds. The van der Waals surface area contributed by atoms with Crippen molar-refractivity contribution in [2.45, 2.75) is 58.4 Å². The van der Waals surface area contributed by atoms with E-state index in [2.05, 4.69) is 31.3 Å². The first-order valence-corrected chi connectivity index (χ1v) is 12.0. The number of nitrogens with one attached hydrogen (secondary N) is 1. The third-order valence-corrected chi connectivity index (χ3v) is 8.58. The molecule has 1 heterocycles. The number of aromatic hydroxyl groups is 1. The second-order valence-electron chi connectivity index (χ2n) is 9.65. The molecule has 0 radical (unpaired) electrons. The Labute approximate surface area is 187 Å². The molecule has 1 aromatic heterocycles. The third kappa shape index (κ3) is 4.22. The second kappa shape index (κ2) is 8.65. The van der Waals surface area contributed by atoms with Gasteiger partial charge in [0, 0.05) is 23.2 Å². The molecule has 3 aliphatic carbocycles. The molecule has 1 aromatic carbocycles. The predicted octanol–water partition coefficient (Wildman–Crippen LogP) is 5.59. The van der Waals surface area contributed by atoms with E-state index in [1.807, 2.05) is 11.4 Å². The largest absolute Gasteiger partial charge is 0.506 e. The lowest BCUT2D eigenvalue weighted by Gasteiger charge is -2.62. The van der Waals surface area contributed by atoms with Gasteiger partial charge < -0.3 is 15.5 Å². The fraction of sp³-hybridized carbons (Fsp3) is 0.520. The fourth-order valence-corrected chi connectivity index (χ4v) is 6.54. The SMILES string of the molecule is CC1(C)[C@H]2C[C@H](C/C=C/CCCC(=O)O)[C@@H](NC(=O)c3csc4c(O)cccc34)[C@@H]1C2. The molecule has 5 nitrogen and oxygen atoms in total. The van der Waals surface area contributed by atoms with Gasteiger partial charge in [-0.2, -0.15) is 0 Å². The molecule has 31 heavy (non-hydrogen) atoms. The van der Waals surface area contributed by atoms with E-state index in [4.69, 9.17) is 5.11 Å². The molecule has 3 N–H and O–H groups in total. The van der Waals surface area contributed by atoms with E-state index >= 15 is 0 Å². The van der Waals surface area contributed by atoms with E-state index in [0.29, 0.717) is 29.7 Å². The van der Waals surface area contributed by atoms with Crippen LogP contribution < -0.4 is 5.32 Å². The summed E-state index contributed by atoms with van der Waals surface area (Å²) in [4.78, 5) is 23.9. The van der Waals surface area contributed by atoms with Crippen molar-refractivity contribution >= 4 is 33.3 Å². The van der Waals surface area contributed by atoms with Gasteiger partial charge >= 0.3 is 5.97 Å². The number of carboxylic acid groups (broad SMARTS) is 1. The first-order valence-electron chi connectivity index (χ1n) is 11.2. The number of phenols is 1. The maximum absolute atomic E-state index is 13.2. The van der Waals surface area contributed by atoms with Crippen LogP contribution in [0, 0.1) is 23.2 Å². The number of rotatable bonds is 8. The van der Waals surface area contributed by atoms with Crippen LogP contribution in [0.1, 0.15) is 62.7 Å². The normalized spacial score (nSPS) is 26.6. The lowest BCUT2D eigenvalue weighted by Crippen LogP contribution is -2.63. The Bertz CT molecular complexity index is 1010. The summed E-state index contributed by atoms with van der Waals surface area (Å²) in [6, 6.07) is 5.45. The smallest absolute Gasteiger partial charge is 0.303 e. The highest BCUT2D eigenvalue weighted by atomic mass is 32.1. The van der Waals surface area contributed by atoms with Crippen LogP contribution >= 0.6 is 11.3 Å². The van der Waals surface area contributed by atoms with Crippen molar-refractivity contribution in [3.8, 4) is 5.75 Å². The van der Waals surface area contributed by atoms with Crippen LogP contribution in [0.5, 0.6) is 5.75 Å². The highest BCUT2D eigenvalue weighted by Gasteiger charge is 2.57. The molecule has 0 unspecified atom stereocenters. The topological polar surface area (TPSA) is 86.6 Å². The summed E-state index contributed by atoms with van der Waals surface area (Å²) in [6.45, 7) is 4.64. The van der Waals surface area contributed by atoms with Crippen LogP contribution in [0.25, 0.3) is 10.1 Å². The van der Waals surface area contributed by atoms with Gasteiger partial charge in [0.2, 0.25) is 0 Å². The molecule has 3 fully saturated rings. The van der Waals surface area contributed by atoms with Crippen molar-refractivity contribution in [2.24, 2.45) is 23.2 Å². The van der Waals surface area contributed by atoms with E-state index in [1.54, 1.807) is 12.1 Å². The zero-order valence-electron chi connectivity index (χ0n) is 18.1. The predicted molar refractivity (Wildman–Crippen MR) is 123 cm³/mol. The molecule has 3 saturated carbocycles. The number of aliphatic carboxylic acids is 1. The highest BCUT2D eigenvalue weighted by Crippen LogP contribution is 2.61. The minimum absolute atomic E-state index is 0.0570. The molecule has 5 rings (SSSR count). The van der Waals surface area contributed by atoms with Gasteiger partial charge in [-0.25, -0.2) is 0 Å². The van der Waals surface area contributed by atoms with E-state index in [-0.39, 0.29) is 29.5 Å². The van der Waals surface area contributed by atoms with Crippen LogP contribution in [-0.2, 0) is 4.79 Å². The summed E-state index contributed by atoms with van der Waals surface area (Å²) in [6.07, 6.45) is 9.08. The Morgan fingerprint density at radius 1 is 1.26 bits per heavy atom. The average molecular weight is 442 g/mol. The van der Waals surface area contributed by atoms with Crippen LogP contribution in [0.15, 0.2) is 35.7 Å². The number of hydrogen-bond donors (Lipinski definition) is 3. The molecular weight excluding hydrogens is 410 g/mol. The lowest BCUT2D eigenvalue weighted by atomic mass is 9.44. The van der Waals surface area contributed by atoms with E-state index in [9.17, 15) is 14.7 Å². The lowest BCUT2D eigenvalue weighted by molar-refractivity contribution is -0.137. The summed E-state index contributed by atoms with van der Waals surface area (Å²) < 4.78 is 0.751. The van der Waals surface area contributed by atoms with Crippen molar-refractivity contribution in [3.63, 3.8) is 0 Å². The summed E-state index contributed by atoms with van der Waals surface area (Å²) in [7, 11) is 0. The second-order valence-corrected chi connectivity index (χ2v) is 10.5. The van der Waals surface area contributed by atoms with Crippen molar-refractivity contribution in [3.05, 3.63) is 41.3 Å². The van der Waals surface area contributed by atoms with Gasteiger partial charge in [0.1, 0.15) is 5.75 Å². The molecule has 0 spiro atoms. The monoisotopic (exact) mass is 441 g/mol. The number of carbonyl (C=O) groups is 2. The van der Waals surface area contributed by atoms with Gasteiger partial charge in [-0.3, -0.25) is 9.59 Å². The van der Waals surface area contributed by atoms with Crippen molar-refractivity contribution in [2.75, 3.05) is 0 Å². The summed E-state index contributed by atoms with van der Waals surface area (Å²) in [5.41, 5.74) is 0.882. The van der Waals surface area contributed by atoms with Crippen LogP contribution in [0.3, 0.4) is 0 Å². The minimum atomic E-state index is -0.750. The van der Waals surface area contributed by atoms with Gasteiger partial charge in [0.25, 0.3) is 5.91 Å². The Balaban J connectivity index is 1.46. The number of phenolic OH excluding ortho intramolecular Hbond substituents is 1. The number of fused-ring (bicyclic) bond motifs is 3. The van der Waals surface area contributed by atoms with Gasteiger partial charge in [-0.05, 0) is 61.3 Å². The minimum Gasteiger partial charge on any atom is -0.506 e. The summed E-state index contributed by atoms with van der Waals surface area (Å²) in [5, 5.41) is 24.8. The fourth-order valence-electron chi connectivity index (χ4n) is 5.57. The number of carboxylic acids is 1. The molecule has 3 aliphatic rings. The van der Waals surface area contributed by atoms with Crippen LogP contribution in [-0.4, -0.2) is 28.1 Å².